The molecule has 1 aromatic heterocycles. The number of hydrogen-bond donors (Lipinski definition) is 1. The van der Waals surface area contributed by atoms with Crippen LogP contribution in [0.4, 0.5) is 0 Å². The van der Waals surface area contributed by atoms with E-state index in [-0.39, 0.29) is 48.9 Å². The zero-order valence-electron chi connectivity index (χ0n) is 30.0. The van der Waals surface area contributed by atoms with Gasteiger partial charge in [-0.1, -0.05) is 27.7 Å². The summed E-state index contributed by atoms with van der Waals surface area (Å²) in [5.74, 6) is 0.547. The van der Waals surface area contributed by atoms with Crippen LogP contribution in [0.25, 0.3) is 22.0 Å². The van der Waals surface area contributed by atoms with Crippen molar-refractivity contribution in [3.05, 3.63) is 133 Å². The van der Waals surface area contributed by atoms with Gasteiger partial charge in [0.1, 0.15) is 0 Å². The standard InChI is InChI=1S/C19H17N.C13H24O2.2C6H5.Ir.Sb/c1-19(2,3)17-13-15(18-10-6-7-11-20-18)12-14-8-4-5-9-16(14)17;1-5-10(6-2)12(14)9-13(15)11(7-3)8-4;2*1-2-4-6-5-3-1;;/h4-5,7-11,13H,1-3H3;9-11,14H,5-8H2,1-4H3;2*1-5H;;/q-1;;;;;/b;12-9-;;;;. The van der Waals surface area contributed by atoms with Crippen molar-refractivity contribution in [2.45, 2.75) is 79.6 Å². The monoisotopic (exact) mass is 939 g/mol. The van der Waals surface area contributed by atoms with Crippen molar-refractivity contribution in [1.29, 1.82) is 0 Å². The van der Waals surface area contributed by atoms with Crippen LogP contribution in [0.2, 0.25) is 0 Å². The number of aliphatic hydroxyl groups excluding tert-OH is 1. The summed E-state index contributed by atoms with van der Waals surface area (Å²) in [5.41, 5.74) is 3.45. The molecule has 5 rings (SSSR count). The molecule has 4 aromatic carbocycles. The molecule has 1 heterocycles. The topological polar surface area (TPSA) is 50.2 Å². The van der Waals surface area contributed by atoms with E-state index in [0.29, 0.717) is 0 Å². The molecular weight excluding hydrogens is 888 g/mol. The number of aromatic nitrogens is 1. The van der Waals surface area contributed by atoms with Crippen molar-refractivity contribution in [3.8, 4) is 11.3 Å². The molecule has 0 aliphatic rings. The van der Waals surface area contributed by atoms with Crippen molar-refractivity contribution in [2.75, 3.05) is 0 Å². The Labute approximate surface area is 315 Å². The van der Waals surface area contributed by atoms with Crippen molar-refractivity contribution < 1.29 is 30.0 Å². The van der Waals surface area contributed by atoms with Gasteiger partial charge in [-0.3, -0.25) is 4.79 Å². The quantitative estimate of drug-likeness (QED) is 0.0622. The second-order valence-corrected chi connectivity index (χ2v) is 19.6. The van der Waals surface area contributed by atoms with Gasteiger partial charge in [-0.05, 0) is 25.7 Å². The summed E-state index contributed by atoms with van der Waals surface area (Å²) in [5, 5.41) is 12.2. The largest absolute Gasteiger partial charge is 0.512 e. The van der Waals surface area contributed by atoms with Crippen LogP contribution in [0.5, 0.6) is 0 Å². The Morgan fingerprint density at radius 3 is 1.82 bits per heavy atom. The first kappa shape index (κ1) is 40.4. The summed E-state index contributed by atoms with van der Waals surface area (Å²) in [4.78, 5) is 16.5. The van der Waals surface area contributed by atoms with E-state index in [1.54, 1.807) is 0 Å². The molecule has 3 nitrogen and oxygen atoms in total. The molecule has 1 N–H and O–H groups in total. The molecule has 5 heteroatoms. The minimum Gasteiger partial charge on any atom is -0.512 e. The molecule has 0 atom stereocenters. The van der Waals surface area contributed by atoms with Crippen molar-refractivity contribution >= 4 is 47.3 Å². The van der Waals surface area contributed by atoms with E-state index in [2.05, 4.69) is 130 Å². The van der Waals surface area contributed by atoms with E-state index < -0.39 is 20.2 Å². The van der Waals surface area contributed by atoms with Gasteiger partial charge in [0.2, 0.25) is 0 Å². The van der Waals surface area contributed by atoms with E-state index in [1.807, 2.05) is 33.9 Å². The van der Waals surface area contributed by atoms with E-state index in [0.717, 1.165) is 42.3 Å². The molecule has 0 bridgehead atoms. The zero-order valence-corrected chi connectivity index (χ0v) is 35.0. The summed E-state index contributed by atoms with van der Waals surface area (Å²) in [7, 11) is 0. The Morgan fingerprint density at radius 1 is 0.755 bits per heavy atom. The van der Waals surface area contributed by atoms with Gasteiger partial charge < -0.3 is 5.11 Å². The summed E-state index contributed by atoms with van der Waals surface area (Å²) in [6.07, 6.45) is 6.89. The van der Waals surface area contributed by atoms with Gasteiger partial charge >= 0.3 is 205 Å². The second-order valence-electron chi connectivity index (χ2n) is 13.3. The van der Waals surface area contributed by atoms with Crippen LogP contribution in [-0.2, 0) is 30.3 Å². The fraction of sp³-hybridized carbons (Fsp3) is 0.318. The first-order valence-corrected chi connectivity index (χ1v) is 21.2. The molecule has 5 aromatic rings. The van der Waals surface area contributed by atoms with Crippen LogP contribution in [0.1, 0.15) is 79.7 Å². The number of ketones is 1. The predicted molar refractivity (Wildman–Crippen MR) is 206 cm³/mol. The van der Waals surface area contributed by atoms with Crippen LogP contribution >= 0.6 is 0 Å². The number of carbonyl (C=O) groups excluding carboxylic acids is 1. The van der Waals surface area contributed by atoms with Crippen molar-refractivity contribution in [3.63, 3.8) is 0 Å². The zero-order chi connectivity index (χ0) is 34.7. The third kappa shape index (κ3) is 10.7. The maximum atomic E-state index is 11.7. The molecule has 259 valence electrons. The number of carbonyl (C=O) groups is 1. The third-order valence-corrected chi connectivity index (χ3v) is 15.9. The Bertz CT molecular complexity index is 1750. The Morgan fingerprint density at radius 2 is 1.29 bits per heavy atom. The second kappa shape index (κ2) is 19.4. The number of hydrogen-bond acceptors (Lipinski definition) is 3. The van der Waals surface area contributed by atoms with Gasteiger partial charge in [-0.2, -0.15) is 0 Å². The SMILES string of the molecule is CC(C)(C)c1cc(-c2c[c]([Sb]([c]3ccccc3)[c]3ccccc3)ccn2)[c-]c2ccccc12.CCC(CC)C(=O)/C=C(\O)C(CC)CC.[Ir]. The molecule has 0 unspecified atom stereocenters. The molecular formula is C44H51IrNO2Sb-. The van der Waals surface area contributed by atoms with Gasteiger partial charge in [0, 0.05) is 38.0 Å². The Hall–Kier alpha value is -3.03. The van der Waals surface area contributed by atoms with Gasteiger partial charge in [0.05, 0.1) is 5.76 Å². The van der Waals surface area contributed by atoms with Crippen LogP contribution in [0, 0.1) is 17.9 Å². The first-order chi connectivity index (χ1) is 23.1. The number of aliphatic hydroxyl groups is 1. The maximum Gasteiger partial charge on any atom is 0.162 e. The van der Waals surface area contributed by atoms with Crippen LogP contribution in [0.3, 0.4) is 0 Å². The minimum absolute atomic E-state index is 0. The normalized spacial score (nSPS) is 11.8. The molecule has 0 amide bonds. The van der Waals surface area contributed by atoms with E-state index in [4.69, 9.17) is 4.98 Å². The van der Waals surface area contributed by atoms with Gasteiger partial charge in [0.25, 0.3) is 0 Å². The Balaban J connectivity index is 0.000000347. The molecule has 0 saturated heterocycles. The number of rotatable bonds is 11. The summed E-state index contributed by atoms with van der Waals surface area (Å²) >= 11 is -2.17. The van der Waals surface area contributed by atoms with E-state index in [9.17, 15) is 9.90 Å². The molecule has 0 aliphatic heterocycles. The summed E-state index contributed by atoms with van der Waals surface area (Å²) in [6, 6.07) is 41.0. The molecule has 0 fully saturated rings. The first-order valence-electron chi connectivity index (χ1n) is 17.4. The Kier molecular flexibility index (Phi) is 16.0. The summed E-state index contributed by atoms with van der Waals surface area (Å²) in [6.45, 7) is 14.9. The minimum atomic E-state index is -2.17. The number of pyridine rings is 1. The molecule has 0 spiro atoms. The molecule has 0 aliphatic carbocycles. The fourth-order valence-electron chi connectivity index (χ4n) is 6.08. The molecule has 1 radical (unpaired) electrons. The maximum absolute atomic E-state index is 11.7. The van der Waals surface area contributed by atoms with Crippen LogP contribution < -0.4 is 10.5 Å². The van der Waals surface area contributed by atoms with Crippen LogP contribution in [-0.4, -0.2) is 36.1 Å². The average molecular weight is 940 g/mol. The van der Waals surface area contributed by atoms with Crippen molar-refractivity contribution in [1.82, 2.24) is 4.98 Å². The van der Waals surface area contributed by atoms with Crippen LogP contribution in [0.15, 0.2) is 121 Å². The third-order valence-electron chi connectivity index (χ3n) is 8.97. The predicted octanol–water partition coefficient (Wildman–Crippen LogP) is 9.38. The van der Waals surface area contributed by atoms with Crippen molar-refractivity contribution in [2.24, 2.45) is 11.8 Å². The number of fused-ring (bicyclic) bond motifs is 1. The van der Waals surface area contributed by atoms with E-state index >= 15 is 0 Å². The van der Waals surface area contributed by atoms with Gasteiger partial charge in [0.15, 0.2) is 5.78 Å². The molecule has 49 heavy (non-hydrogen) atoms. The molecule has 0 saturated carbocycles. The van der Waals surface area contributed by atoms with Gasteiger partial charge in [-0.25, -0.2) is 0 Å². The van der Waals surface area contributed by atoms with E-state index in [1.165, 1.54) is 27.6 Å². The summed E-state index contributed by atoms with van der Waals surface area (Å²) < 4.78 is 4.34. The fourth-order valence-corrected chi connectivity index (χ4v) is 12.6. The van der Waals surface area contributed by atoms with Gasteiger partial charge in [-0.15, -0.1) is 0 Å². The number of benzene rings is 4. The number of nitrogens with zero attached hydrogens (tertiary/aromatic N) is 1. The number of allylic oxidation sites excluding steroid dienone is 2. The smallest absolute Gasteiger partial charge is 0.162 e. The average Bonchev–Trinajstić information content (AvgIpc) is 3.10.